The van der Waals surface area contributed by atoms with E-state index in [4.69, 9.17) is 16.3 Å². The summed E-state index contributed by atoms with van der Waals surface area (Å²) in [4.78, 5) is 8.87. The maximum absolute atomic E-state index is 6.21. The second kappa shape index (κ2) is 7.43. The molecule has 4 nitrogen and oxygen atoms in total. The van der Waals surface area contributed by atoms with E-state index < -0.39 is 0 Å². The summed E-state index contributed by atoms with van der Waals surface area (Å²) in [7, 11) is 0. The third-order valence-electron chi connectivity index (χ3n) is 4.45. The molecule has 3 heterocycles. The minimum atomic E-state index is 0.332. The topological polar surface area (TPSA) is 28.6 Å². The molecule has 0 spiro atoms. The Bertz CT molecular complexity index is 451. The molecule has 0 N–H and O–H groups in total. The van der Waals surface area contributed by atoms with Crippen LogP contribution < -0.4 is 4.90 Å². The van der Waals surface area contributed by atoms with Crippen molar-refractivity contribution in [2.75, 3.05) is 44.2 Å². The molecule has 21 heavy (non-hydrogen) atoms. The number of halogens is 1. The highest BCUT2D eigenvalue weighted by molar-refractivity contribution is 6.33. The van der Waals surface area contributed by atoms with Crippen molar-refractivity contribution in [2.24, 2.45) is 0 Å². The van der Waals surface area contributed by atoms with E-state index in [0.29, 0.717) is 6.10 Å². The highest BCUT2D eigenvalue weighted by atomic mass is 35.5. The van der Waals surface area contributed by atoms with E-state index >= 15 is 0 Å². The van der Waals surface area contributed by atoms with Gasteiger partial charge in [-0.1, -0.05) is 18.0 Å². The first kappa shape index (κ1) is 15.1. The van der Waals surface area contributed by atoms with Crippen molar-refractivity contribution in [3.05, 3.63) is 23.5 Å². The lowest BCUT2D eigenvalue weighted by atomic mass is 10.1. The van der Waals surface area contributed by atoms with Crippen LogP contribution in [0.25, 0.3) is 0 Å². The summed E-state index contributed by atoms with van der Waals surface area (Å²) < 4.78 is 6.06. The van der Waals surface area contributed by atoms with Gasteiger partial charge in [0.15, 0.2) is 0 Å². The van der Waals surface area contributed by atoms with Crippen LogP contribution in [0.3, 0.4) is 0 Å². The van der Waals surface area contributed by atoms with Gasteiger partial charge in [-0.15, -0.1) is 0 Å². The first-order chi connectivity index (χ1) is 10.3. The molecule has 2 aliphatic rings. The molecule has 3 rings (SSSR count). The largest absolute Gasteiger partial charge is 0.375 e. The number of likely N-dealkylation sites (tertiary alicyclic amines) is 1. The Morgan fingerprint density at radius 1 is 1.24 bits per heavy atom. The molecule has 1 aromatic rings. The number of aromatic nitrogens is 1. The van der Waals surface area contributed by atoms with Crippen molar-refractivity contribution in [3.63, 3.8) is 0 Å². The zero-order valence-corrected chi connectivity index (χ0v) is 13.3. The SMILES string of the molecule is Clc1cnccc1N1CC[C@@H](OCCN2CCCCC2)C1. The number of hydrogen-bond acceptors (Lipinski definition) is 4. The summed E-state index contributed by atoms with van der Waals surface area (Å²) in [5.74, 6) is 0. The van der Waals surface area contributed by atoms with Crippen LogP contribution in [0.2, 0.25) is 5.02 Å². The molecule has 0 bridgehead atoms. The third-order valence-corrected chi connectivity index (χ3v) is 4.74. The first-order valence-electron chi connectivity index (χ1n) is 8.01. The van der Waals surface area contributed by atoms with Crippen molar-refractivity contribution < 1.29 is 4.74 Å². The molecule has 0 unspecified atom stereocenters. The van der Waals surface area contributed by atoms with Crippen LogP contribution in [0.15, 0.2) is 18.5 Å². The summed E-state index contributed by atoms with van der Waals surface area (Å²) >= 11 is 6.21. The lowest BCUT2D eigenvalue weighted by Crippen LogP contribution is -2.34. The van der Waals surface area contributed by atoms with Gasteiger partial charge < -0.3 is 14.5 Å². The average molecular weight is 310 g/mol. The average Bonchev–Trinajstić information content (AvgIpc) is 2.97. The standard InChI is InChI=1S/C16H24ClN3O/c17-15-12-18-6-4-16(15)20-9-5-14(13-20)21-11-10-19-7-2-1-3-8-19/h4,6,12,14H,1-3,5,7-11,13H2/t14-/m1/s1. The van der Waals surface area contributed by atoms with Gasteiger partial charge in [-0.2, -0.15) is 0 Å². The van der Waals surface area contributed by atoms with Gasteiger partial charge in [-0.05, 0) is 38.4 Å². The fraction of sp³-hybridized carbons (Fsp3) is 0.688. The van der Waals surface area contributed by atoms with Crippen LogP contribution in [0, 0.1) is 0 Å². The van der Waals surface area contributed by atoms with E-state index in [-0.39, 0.29) is 0 Å². The van der Waals surface area contributed by atoms with Gasteiger partial charge in [-0.25, -0.2) is 0 Å². The molecule has 0 aromatic carbocycles. The summed E-state index contributed by atoms with van der Waals surface area (Å²) in [6.45, 7) is 6.36. The van der Waals surface area contributed by atoms with E-state index in [1.54, 1.807) is 12.4 Å². The van der Waals surface area contributed by atoms with Gasteiger partial charge in [0, 0.05) is 32.0 Å². The third kappa shape index (κ3) is 4.09. The zero-order valence-electron chi connectivity index (χ0n) is 12.5. The number of ether oxygens (including phenoxy) is 1. The number of anilines is 1. The van der Waals surface area contributed by atoms with Crippen LogP contribution in [0.5, 0.6) is 0 Å². The van der Waals surface area contributed by atoms with Crippen molar-refractivity contribution in [1.29, 1.82) is 0 Å². The van der Waals surface area contributed by atoms with Crippen LogP contribution in [0.1, 0.15) is 25.7 Å². The molecule has 2 aliphatic heterocycles. The lowest BCUT2D eigenvalue weighted by molar-refractivity contribution is 0.0467. The Labute approximate surface area is 132 Å². The highest BCUT2D eigenvalue weighted by Crippen LogP contribution is 2.28. The van der Waals surface area contributed by atoms with Crippen molar-refractivity contribution >= 4 is 17.3 Å². The van der Waals surface area contributed by atoms with E-state index in [9.17, 15) is 0 Å². The predicted molar refractivity (Wildman–Crippen MR) is 86.1 cm³/mol. The Kier molecular flexibility index (Phi) is 5.33. The fourth-order valence-electron chi connectivity index (χ4n) is 3.24. The van der Waals surface area contributed by atoms with Crippen LogP contribution in [-0.2, 0) is 4.74 Å². The molecule has 116 valence electrons. The molecule has 0 radical (unpaired) electrons. The molecular formula is C16H24ClN3O. The first-order valence-corrected chi connectivity index (χ1v) is 8.39. The Morgan fingerprint density at radius 3 is 2.90 bits per heavy atom. The molecular weight excluding hydrogens is 286 g/mol. The maximum Gasteiger partial charge on any atom is 0.0822 e. The Balaban J connectivity index is 1.41. The van der Waals surface area contributed by atoms with Gasteiger partial charge in [0.25, 0.3) is 0 Å². The van der Waals surface area contributed by atoms with Crippen LogP contribution in [0.4, 0.5) is 5.69 Å². The van der Waals surface area contributed by atoms with Gasteiger partial charge in [-0.3, -0.25) is 4.98 Å². The number of hydrogen-bond donors (Lipinski definition) is 0. The predicted octanol–water partition coefficient (Wildman–Crippen LogP) is 2.82. The molecule has 0 aliphatic carbocycles. The highest BCUT2D eigenvalue weighted by Gasteiger charge is 2.24. The number of piperidine rings is 1. The molecule has 1 atom stereocenters. The van der Waals surface area contributed by atoms with Crippen molar-refractivity contribution in [1.82, 2.24) is 9.88 Å². The van der Waals surface area contributed by atoms with Crippen molar-refractivity contribution in [3.8, 4) is 0 Å². The Hall–Kier alpha value is -0.840. The summed E-state index contributed by atoms with van der Waals surface area (Å²) in [5.41, 5.74) is 1.08. The number of nitrogens with zero attached hydrogens (tertiary/aromatic N) is 3. The van der Waals surface area contributed by atoms with E-state index in [2.05, 4.69) is 14.8 Å². The Morgan fingerprint density at radius 2 is 2.10 bits per heavy atom. The maximum atomic E-state index is 6.21. The molecule has 5 heteroatoms. The second-order valence-corrected chi connectivity index (χ2v) is 6.36. The smallest absolute Gasteiger partial charge is 0.0822 e. The second-order valence-electron chi connectivity index (χ2n) is 5.96. The van der Waals surface area contributed by atoms with Gasteiger partial charge in [0.2, 0.25) is 0 Å². The number of pyridine rings is 1. The normalized spacial score (nSPS) is 23.7. The molecule has 1 aromatic heterocycles. The minimum absolute atomic E-state index is 0.332. The number of rotatable bonds is 5. The minimum Gasteiger partial charge on any atom is -0.375 e. The lowest BCUT2D eigenvalue weighted by Gasteiger charge is -2.26. The molecule has 2 fully saturated rings. The quantitative estimate of drug-likeness (QED) is 0.836. The van der Waals surface area contributed by atoms with E-state index in [1.807, 2.05) is 6.07 Å². The van der Waals surface area contributed by atoms with E-state index in [0.717, 1.165) is 43.4 Å². The summed E-state index contributed by atoms with van der Waals surface area (Å²) in [5, 5.41) is 0.728. The molecule has 0 amide bonds. The van der Waals surface area contributed by atoms with Crippen molar-refractivity contribution in [2.45, 2.75) is 31.8 Å². The molecule has 2 saturated heterocycles. The molecule has 0 saturated carbocycles. The zero-order chi connectivity index (χ0) is 14.5. The monoisotopic (exact) mass is 309 g/mol. The van der Waals surface area contributed by atoms with E-state index in [1.165, 1.54) is 32.4 Å². The van der Waals surface area contributed by atoms with Crippen LogP contribution >= 0.6 is 11.6 Å². The van der Waals surface area contributed by atoms with Gasteiger partial charge in [0.1, 0.15) is 0 Å². The van der Waals surface area contributed by atoms with Crippen LogP contribution in [-0.4, -0.2) is 55.3 Å². The van der Waals surface area contributed by atoms with Gasteiger partial charge in [0.05, 0.1) is 23.4 Å². The summed E-state index contributed by atoms with van der Waals surface area (Å²) in [6, 6.07) is 1.98. The fourth-order valence-corrected chi connectivity index (χ4v) is 3.48. The van der Waals surface area contributed by atoms with Gasteiger partial charge >= 0.3 is 0 Å². The summed E-state index contributed by atoms with van der Waals surface area (Å²) in [6.07, 6.45) is 9.00.